The molecule has 0 spiro atoms. The van der Waals surface area contributed by atoms with Crippen LogP contribution < -0.4 is 9.47 Å². The number of hydrogen-bond acceptors (Lipinski definition) is 4. The molecule has 7 atom stereocenters. The minimum Gasteiger partial charge on any atom is -0.497 e. The van der Waals surface area contributed by atoms with Crippen molar-refractivity contribution in [1.29, 1.82) is 0 Å². The van der Waals surface area contributed by atoms with E-state index in [0.29, 0.717) is 24.4 Å². The van der Waals surface area contributed by atoms with Crippen molar-refractivity contribution in [3.05, 3.63) is 23.8 Å². The molecule has 0 aromatic heterocycles. The van der Waals surface area contributed by atoms with Gasteiger partial charge in [0.1, 0.15) is 17.1 Å². The molecule has 4 heteroatoms. The van der Waals surface area contributed by atoms with E-state index in [1.807, 2.05) is 6.07 Å². The third-order valence-corrected chi connectivity index (χ3v) is 10.7. The number of carbonyl (C=O) groups is 1. The van der Waals surface area contributed by atoms with Crippen LogP contribution in [0.2, 0.25) is 0 Å². The molecule has 0 amide bonds. The SMILES string of the molecule is COc1ccc2c(c1)C[C@H]1[C@]3(C)CC[C@@H]4[C@]5(CCC[C@@]4(C)C(=O)OC5)[C@H]3CC[C@]1(C)O2. The first-order valence-corrected chi connectivity index (χ1v) is 12.3. The van der Waals surface area contributed by atoms with Gasteiger partial charge in [0.15, 0.2) is 0 Å². The van der Waals surface area contributed by atoms with Crippen molar-refractivity contribution in [2.24, 2.45) is 34.0 Å². The highest BCUT2D eigenvalue weighted by molar-refractivity contribution is 5.78. The summed E-state index contributed by atoms with van der Waals surface area (Å²) in [6, 6.07) is 6.28. The van der Waals surface area contributed by atoms with Crippen molar-refractivity contribution in [3.8, 4) is 11.5 Å². The zero-order chi connectivity index (χ0) is 21.6. The van der Waals surface area contributed by atoms with Crippen LogP contribution in [-0.2, 0) is 16.0 Å². The second kappa shape index (κ2) is 6.20. The van der Waals surface area contributed by atoms with Crippen LogP contribution in [0.25, 0.3) is 0 Å². The van der Waals surface area contributed by atoms with Gasteiger partial charge in [0.05, 0.1) is 19.1 Å². The average Bonchev–Trinajstić information content (AvgIpc) is 2.74. The standard InChI is InChI=1S/C27H36O4/c1-24-12-8-21-25(2)10-5-11-27(21,16-30-23(25)28)20(24)9-13-26(3)22(24)15-17-14-18(29-4)6-7-19(17)31-26/h6-7,14,20-22H,5,8-13,15-16H2,1-4H3/t20-,21-,22-,24+,25+,26-,27-/m0/s1. The monoisotopic (exact) mass is 424 g/mol. The Labute approximate surface area is 186 Å². The lowest BCUT2D eigenvalue weighted by molar-refractivity contribution is -0.255. The zero-order valence-electron chi connectivity index (χ0n) is 19.5. The fraction of sp³-hybridized carbons (Fsp3) is 0.741. The van der Waals surface area contributed by atoms with Crippen molar-refractivity contribution < 1.29 is 19.0 Å². The Morgan fingerprint density at radius 3 is 2.61 bits per heavy atom. The fourth-order valence-corrected chi connectivity index (χ4v) is 9.28. The molecule has 1 aromatic carbocycles. The molecule has 6 rings (SSSR count). The van der Waals surface area contributed by atoms with Gasteiger partial charge in [-0.1, -0.05) is 13.3 Å². The molecule has 0 radical (unpaired) electrons. The molecule has 4 fully saturated rings. The Balaban J connectivity index is 1.42. The molecule has 5 aliphatic rings. The van der Waals surface area contributed by atoms with Crippen LogP contribution >= 0.6 is 0 Å². The number of fused-ring (bicyclic) bond motifs is 4. The second-order valence-corrected chi connectivity index (χ2v) is 11.9. The summed E-state index contributed by atoms with van der Waals surface area (Å²) in [4.78, 5) is 12.8. The van der Waals surface area contributed by atoms with Crippen LogP contribution in [0.5, 0.6) is 11.5 Å². The number of methoxy groups -OCH3 is 1. The largest absolute Gasteiger partial charge is 0.497 e. The van der Waals surface area contributed by atoms with Gasteiger partial charge in [-0.25, -0.2) is 0 Å². The molecule has 0 N–H and O–H groups in total. The van der Waals surface area contributed by atoms with Gasteiger partial charge in [-0.3, -0.25) is 4.79 Å². The molecule has 2 bridgehead atoms. The summed E-state index contributed by atoms with van der Waals surface area (Å²) in [7, 11) is 1.73. The lowest BCUT2D eigenvalue weighted by atomic mass is 9.36. The highest BCUT2D eigenvalue weighted by Gasteiger charge is 2.70. The van der Waals surface area contributed by atoms with Gasteiger partial charge >= 0.3 is 5.97 Å². The highest BCUT2D eigenvalue weighted by atomic mass is 16.5. The number of carbonyl (C=O) groups excluding carboxylic acids is 1. The van der Waals surface area contributed by atoms with E-state index < -0.39 is 0 Å². The Morgan fingerprint density at radius 2 is 1.81 bits per heavy atom. The summed E-state index contributed by atoms with van der Waals surface area (Å²) >= 11 is 0. The van der Waals surface area contributed by atoms with Gasteiger partial charge < -0.3 is 14.2 Å². The van der Waals surface area contributed by atoms with Crippen LogP contribution in [0.4, 0.5) is 0 Å². The lowest BCUT2D eigenvalue weighted by Crippen LogP contribution is -2.69. The quantitative estimate of drug-likeness (QED) is 0.553. The summed E-state index contributed by atoms with van der Waals surface area (Å²) in [6.45, 7) is 7.74. The van der Waals surface area contributed by atoms with Gasteiger partial charge in [-0.05, 0) is 99.8 Å². The van der Waals surface area contributed by atoms with Gasteiger partial charge in [0.2, 0.25) is 0 Å². The Kier molecular flexibility index (Phi) is 3.99. The van der Waals surface area contributed by atoms with Crippen molar-refractivity contribution in [3.63, 3.8) is 0 Å². The number of ether oxygens (including phenoxy) is 3. The summed E-state index contributed by atoms with van der Waals surface area (Å²) < 4.78 is 18.2. The van der Waals surface area contributed by atoms with Crippen LogP contribution in [-0.4, -0.2) is 25.3 Å². The average molecular weight is 425 g/mol. The summed E-state index contributed by atoms with van der Waals surface area (Å²) in [5.74, 6) is 3.56. The number of rotatable bonds is 1. The maximum atomic E-state index is 12.8. The molecule has 4 nitrogen and oxygen atoms in total. The number of cyclic esters (lactones) is 1. The molecule has 3 saturated carbocycles. The molecule has 31 heavy (non-hydrogen) atoms. The van der Waals surface area contributed by atoms with E-state index in [-0.39, 0.29) is 27.8 Å². The predicted octanol–water partition coefficient (Wildman–Crippen LogP) is 5.56. The molecule has 2 heterocycles. The van der Waals surface area contributed by atoms with Gasteiger partial charge in [-0.15, -0.1) is 0 Å². The normalized spacial score (nSPS) is 47.6. The number of hydrogen-bond donors (Lipinski definition) is 0. The topological polar surface area (TPSA) is 44.8 Å². The Hall–Kier alpha value is -1.71. The van der Waals surface area contributed by atoms with E-state index in [2.05, 4.69) is 32.9 Å². The third kappa shape index (κ3) is 2.40. The number of benzene rings is 1. The molecule has 168 valence electrons. The maximum Gasteiger partial charge on any atom is 0.312 e. The third-order valence-electron chi connectivity index (χ3n) is 10.7. The van der Waals surface area contributed by atoms with Gasteiger partial charge in [0, 0.05) is 11.3 Å². The van der Waals surface area contributed by atoms with Gasteiger partial charge in [-0.2, -0.15) is 0 Å². The minimum atomic E-state index is -0.276. The highest BCUT2D eigenvalue weighted by Crippen LogP contribution is 2.72. The predicted molar refractivity (Wildman–Crippen MR) is 118 cm³/mol. The van der Waals surface area contributed by atoms with E-state index in [9.17, 15) is 4.79 Å². The van der Waals surface area contributed by atoms with E-state index in [0.717, 1.165) is 43.6 Å². The molecule has 1 saturated heterocycles. The zero-order valence-corrected chi connectivity index (χ0v) is 19.5. The molecule has 3 aliphatic carbocycles. The second-order valence-electron chi connectivity index (χ2n) is 11.9. The van der Waals surface area contributed by atoms with Crippen molar-refractivity contribution in [2.75, 3.05) is 13.7 Å². The first-order chi connectivity index (χ1) is 14.8. The van der Waals surface area contributed by atoms with Crippen LogP contribution in [0.1, 0.15) is 71.3 Å². The molecular formula is C27H36O4. The van der Waals surface area contributed by atoms with Crippen molar-refractivity contribution in [1.82, 2.24) is 0 Å². The summed E-state index contributed by atoms with van der Waals surface area (Å²) in [6.07, 6.45) is 9.03. The van der Waals surface area contributed by atoms with E-state index in [1.165, 1.54) is 24.8 Å². The Morgan fingerprint density at radius 1 is 1.00 bits per heavy atom. The molecule has 2 aliphatic heterocycles. The minimum absolute atomic E-state index is 0.0686. The number of esters is 1. The smallest absolute Gasteiger partial charge is 0.312 e. The van der Waals surface area contributed by atoms with E-state index in [1.54, 1.807) is 7.11 Å². The first kappa shape index (κ1) is 19.9. The first-order valence-electron chi connectivity index (χ1n) is 12.3. The van der Waals surface area contributed by atoms with Crippen molar-refractivity contribution in [2.45, 2.75) is 77.7 Å². The van der Waals surface area contributed by atoms with E-state index in [4.69, 9.17) is 14.2 Å². The van der Waals surface area contributed by atoms with Crippen LogP contribution in [0, 0.1) is 34.0 Å². The summed E-state index contributed by atoms with van der Waals surface area (Å²) in [5, 5.41) is 0. The fourth-order valence-electron chi connectivity index (χ4n) is 9.28. The maximum absolute atomic E-state index is 12.8. The van der Waals surface area contributed by atoms with Crippen LogP contribution in [0.3, 0.4) is 0 Å². The molecule has 0 unspecified atom stereocenters. The molecule has 1 aromatic rings. The van der Waals surface area contributed by atoms with Crippen LogP contribution in [0.15, 0.2) is 18.2 Å². The lowest BCUT2D eigenvalue weighted by Gasteiger charge is -2.70. The summed E-state index contributed by atoms with van der Waals surface area (Å²) in [5.41, 5.74) is 1.24. The van der Waals surface area contributed by atoms with Gasteiger partial charge in [0.25, 0.3) is 0 Å². The Bertz CT molecular complexity index is 941. The molecular weight excluding hydrogens is 388 g/mol. The van der Waals surface area contributed by atoms with Crippen molar-refractivity contribution >= 4 is 5.97 Å². The van der Waals surface area contributed by atoms with E-state index >= 15 is 0 Å².